The predicted octanol–water partition coefficient (Wildman–Crippen LogP) is 2.32. The van der Waals surface area contributed by atoms with E-state index in [-0.39, 0.29) is 5.91 Å². The maximum atomic E-state index is 12.4. The van der Waals surface area contributed by atoms with E-state index >= 15 is 0 Å². The number of hydrogen-bond donors (Lipinski definition) is 3. The van der Waals surface area contributed by atoms with Crippen molar-refractivity contribution in [3.63, 3.8) is 0 Å². The summed E-state index contributed by atoms with van der Waals surface area (Å²) in [6, 6.07) is 17.2. The van der Waals surface area contributed by atoms with Crippen molar-refractivity contribution >= 4 is 16.9 Å². The third-order valence-corrected chi connectivity index (χ3v) is 5.04. The van der Waals surface area contributed by atoms with Crippen molar-refractivity contribution in [3.8, 4) is 5.95 Å². The maximum Gasteiger partial charge on any atom is 0.251 e. The number of hydrogen-bond acceptors (Lipinski definition) is 4. The number of fused-ring (bicyclic) bond motifs is 2. The van der Waals surface area contributed by atoms with Crippen LogP contribution in [-0.4, -0.2) is 32.2 Å². The molecular formula is C21H20N6O. The second kappa shape index (κ2) is 6.94. The SMILES string of the molecule is O=C(NCc1nn(-c2nc3ccccc3[nH]2)c2c1CNCC2)c1ccccc1. The number of imidazole rings is 1. The van der Waals surface area contributed by atoms with E-state index in [0.29, 0.717) is 18.1 Å². The molecule has 140 valence electrons. The smallest absolute Gasteiger partial charge is 0.251 e. The molecule has 28 heavy (non-hydrogen) atoms. The lowest BCUT2D eigenvalue weighted by Gasteiger charge is -2.15. The molecule has 4 aromatic rings. The van der Waals surface area contributed by atoms with Gasteiger partial charge in [0.15, 0.2) is 0 Å². The topological polar surface area (TPSA) is 87.6 Å². The van der Waals surface area contributed by atoms with E-state index in [9.17, 15) is 4.79 Å². The Balaban J connectivity index is 1.46. The first kappa shape index (κ1) is 16.7. The standard InChI is InChI=1S/C21H20N6O/c28-20(14-6-2-1-3-7-14)23-13-18-15-12-22-11-10-19(15)27(26-18)21-24-16-8-4-5-9-17(16)25-21/h1-9,22H,10-13H2,(H,23,28)(H,24,25). The molecule has 1 aliphatic rings. The molecule has 1 aliphatic heterocycles. The number of aromatic amines is 1. The van der Waals surface area contributed by atoms with Gasteiger partial charge in [0, 0.05) is 30.6 Å². The van der Waals surface area contributed by atoms with Gasteiger partial charge in [-0.2, -0.15) is 5.10 Å². The minimum absolute atomic E-state index is 0.101. The molecular weight excluding hydrogens is 352 g/mol. The number of aromatic nitrogens is 4. The molecule has 0 spiro atoms. The molecule has 1 amide bonds. The normalized spacial score (nSPS) is 13.4. The first-order chi connectivity index (χ1) is 13.8. The number of carbonyl (C=O) groups is 1. The van der Waals surface area contributed by atoms with Gasteiger partial charge in [0.05, 0.1) is 29.0 Å². The van der Waals surface area contributed by atoms with E-state index in [1.165, 1.54) is 0 Å². The zero-order valence-corrected chi connectivity index (χ0v) is 15.3. The Bertz CT molecular complexity index is 1110. The van der Waals surface area contributed by atoms with Gasteiger partial charge in [-0.3, -0.25) is 4.79 Å². The second-order valence-electron chi connectivity index (χ2n) is 6.84. The fourth-order valence-electron chi connectivity index (χ4n) is 3.63. The Morgan fingerprint density at radius 2 is 1.93 bits per heavy atom. The molecule has 0 aliphatic carbocycles. The fourth-order valence-corrected chi connectivity index (χ4v) is 3.63. The summed E-state index contributed by atoms with van der Waals surface area (Å²) in [7, 11) is 0. The van der Waals surface area contributed by atoms with E-state index in [1.54, 1.807) is 12.1 Å². The van der Waals surface area contributed by atoms with Gasteiger partial charge in [-0.05, 0) is 24.3 Å². The highest BCUT2D eigenvalue weighted by Gasteiger charge is 2.23. The lowest BCUT2D eigenvalue weighted by atomic mass is 10.1. The van der Waals surface area contributed by atoms with E-state index in [2.05, 4.69) is 20.6 Å². The molecule has 3 heterocycles. The quantitative estimate of drug-likeness (QED) is 0.513. The Hall–Kier alpha value is -3.45. The van der Waals surface area contributed by atoms with Gasteiger partial charge in [-0.1, -0.05) is 30.3 Å². The predicted molar refractivity (Wildman–Crippen MR) is 106 cm³/mol. The van der Waals surface area contributed by atoms with E-state index in [0.717, 1.165) is 47.5 Å². The number of nitrogens with zero attached hydrogens (tertiary/aromatic N) is 3. The van der Waals surface area contributed by atoms with Crippen molar-refractivity contribution < 1.29 is 4.79 Å². The van der Waals surface area contributed by atoms with Crippen molar-refractivity contribution in [1.29, 1.82) is 0 Å². The Morgan fingerprint density at radius 1 is 1.11 bits per heavy atom. The molecule has 5 rings (SSSR count). The maximum absolute atomic E-state index is 12.4. The zero-order chi connectivity index (χ0) is 18.9. The summed E-state index contributed by atoms with van der Waals surface area (Å²) in [5.74, 6) is 0.608. The van der Waals surface area contributed by atoms with Gasteiger partial charge in [0.2, 0.25) is 5.95 Å². The average Bonchev–Trinajstić information content (AvgIpc) is 3.34. The van der Waals surface area contributed by atoms with Crippen LogP contribution in [0.4, 0.5) is 0 Å². The largest absolute Gasteiger partial charge is 0.346 e. The summed E-state index contributed by atoms with van der Waals surface area (Å²) in [6.07, 6.45) is 0.867. The third kappa shape index (κ3) is 2.95. The summed E-state index contributed by atoms with van der Waals surface area (Å²) < 4.78 is 1.89. The Kier molecular flexibility index (Phi) is 4.14. The van der Waals surface area contributed by atoms with Crippen LogP contribution in [0.5, 0.6) is 0 Å². The first-order valence-electron chi connectivity index (χ1n) is 9.38. The van der Waals surface area contributed by atoms with Crippen molar-refractivity contribution in [3.05, 3.63) is 77.1 Å². The number of benzene rings is 2. The number of H-pyrrole nitrogens is 1. The molecule has 2 aromatic heterocycles. The number of para-hydroxylation sites is 2. The highest BCUT2D eigenvalue weighted by molar-refractivity contribution is 5.94. The summed E-state index contributed by atoms with van der Waals surface area (Å²) in [5, 5.41) is 11.2. The minimum atomic E-state index is -0.101. The molecule has 0 fully saturated rings. The fraction of sp³-hybridized carbons (Fsp3) is 0.190. The van der Waals surface area contributed by atoms with Gasteiger partial charge < -0.3 is 15.6 Å². The van der Waals surface area contributed by atoms with Crippen molar-refractivity contribution in [1.82, 2.24) is 30.4 Å². The highest BCUT2D eigenvalue weighted by Crippen LogP contribution is 2.22. The van der Waals surface area contributed by atoms with Gasteiger partial charge in [-0.15, -0.1) is 0 Å². The van der Waals surface area contributed by atoms with Crippen molar-refractivity contribution in [2.75, 3.05) is 6.54 Å². The summed E-state index contributed by atoms with van der Waals surface area (Å²) in [6.45, 7) is 2.02. The van der Waals surface area contributed by atoms with Gasteiger partial charge in [0.25, 0.3) is 5.91 Å². The van der Waals surface area contributed by atoms with E-state index < -0.39 is 0 Å². The average molecular weight is 372 g/mol. The number of carbonyl (C=O) groups excluding carboxylic acids is 1. The van der Waals surface area contributed by atoms with E-state index in [1.807, 2.05) is 47.1 Å². The molecule has 0 unspecified atom stereocenters. The minimum Gasteiger partial charge on any atom is -0.346 e. The third-order valence-electron chi connectivity index (χ3n) is 5.04. The van der Waals surface area contributed by atoms with Crippen LogP contribution in [0.25, 0.3) is 17.0 Å². The molecule has 0 saturated heterocycles. The summed E-state index contributed by atoms with van der Waals surface area (Å²) in [5.41, 5.74) is 5.68. The molecule has 0 bridgehead atoms. The van der Waals surface area contributed by atoms with Gasteiger partial charge in [0.1, 0.15) is 0 Å². The number of nitrogens with one attached hydrogen (secondary N) is 3. The van der Waals surface area contributed by atoms with Crippen LogP contribution in [0, 0.1) is 0 Å². The molecule has 3 N–H and O–H groups in total. The van der Waals surface area contributed by atoms with Crippen molar-refractivity contribution in [2.24, 2.45) is 0 Å². The van der Waals surface area contributed by atoms with Crippen LogP contribution in [0.3, 0.4) is 0 Å². The van der Waals surface area contributed by atoms with Crippen LogP contribution in [0.15, 0.2) is 54.6 Å². The Morgan fingerprint density at radius 3 is 2.79 bits per heavy atom. The van der Waals surface area contributed by atoms with E-state index in [4.69, 9.17) is 5.10 Å². The highest BCUT2D eigenvalue weighted by atomic mass is 16.1. The van der Waals surface area contributed by atoms with Crippen LogP contribution in [0.1, 0.15) is 27.3 Å². The van der Waals surface area contributed by atoms with Crippen molar-refractivity contribution in [2.45, 2.75) is 19.5 Å². The second-order valence-corrected chi connectivity index (χ2v) is 6.84. The molecule has 7 nitrogen and oxygen atoms in total. The van der Waals surface area contributed by atoms with Gasteiger partial charge >= 0.3 is 0 Å². The van der Waals surface area contributed by atoms with Crippen LogP contribution < -0.4 is 10.6 Å². The summed E-state index contributed by atoms with van der Waals surface area (Å²) >= 11 is 0. The molecule has 0 atom stereocenters. The summed E-state index contributed by atoms with van der Waals surface area (Å²) in [4.78, 5) is 20.4. The molecule has 0 radical (unpaired) electrons. The number of amides is 1. The Labute approximate surface area is 161 Å². The first-order valence-corrected chi connectivity index (χ1v) is 9.38. The molecule has 0 saturated carbocycles. The zero-order valence-electron chi connectivity index (χ0n) is 15.3. The van der Waals surface area contributed by atoms with Crippen LogP contribution in [0.2, 0.25) is 0 Å². The lowest BCUT2D eigenvalue weighted by molar-refractivity contribution is 0.0950. The van der Waals surface area contributed by atoms with Crippen LogP contribution >= 0.6 is 0 Å². The van der Waals surface area contributed by atoms with Gasteiger partial charge in [-0.25, -0.2) is 9.67 Å². The molecule has 2 aromatic carbocycles. The molecule has 7 heteroatoms. The van der Waals surface area contributed by atoms with Crippen LogP contribution in [-0.2, 0) is 19.5 Å². The monoisotopic (exact) mass is 372 g/mol. The number of rotatable bonds is 4. The lowest BCUT2D eigenvalue weighted by Crippen LogP contribution is -2.27.